The van der Waals surface area contributed by atoms with Gasteiger partial charge in [0.2, 0.25) is 5.13 Å². The molecule has 0 atom stereocenters. The minimum atomic E-state index is 0. The van der Waals surface area contributed by atoms with Gasteiger partial charge in [-0.25, -0.2) is 4.98 Å². The zero-order valence-electron chi connectivity index (χ0n) is 14.4. The molecule has 0 saturated heterocycles. The number of halogens is 2. The Balaban J connectivity index is 0.00000243. The van der Waals surface area contributed by atoms with Crippen LogP contribution in [0.2, 0.25) is 5.02 Å². The molecule has 3 aromatic rings. The molecule has 1 aromatic heterocycles. The minimum Gasteiger partial charge on any atom is -0.494 e. The number of hydrogen-bond donors (Lipinski definition) is 1. The molecular weight excluding hydrogens is 434 g/mol. The third-order valence-corrected chi connectivity index (χ3v) is 4.61. The van der Waals surface area contributed by atoms with Crippen LogP contribution < -0.4 is 10.2 Å². The molecule has 0 aliphatic rings. The van der Waals surface area contributed by atoms with Crippen LogP contribution in [0.4, 0.5) is 5.13 Å². The molecule has 4 nitrogen and oxygen atoms in total. The van der Waals surface area contributed by atoms with Gasteiger partial charge in [-0.1, -0.05) is 23.7 Å². The highest BCUT2D eigenvalue weighted by atomic mass is 79.9. The maximum atomic E-state index is 5.87. The molecule has 1 N–H and O–H groups in total. The van der Waals surface area contributed by atoms with E-state index in [-0.39, 0.29) is 17.0 Å². The third kappa shape index (κ3) is 5.30. The second kappa shape index (κ2) is 9.71. The van der Waals surface area contributed by atoms with Gasteiger partial charge in [-0.2, -0.15) is 5.10 Å². The van der Waals surface area contributed by atoms with Crippen LogP contribution in [0.25, 0.3) is 11.3 Å². The molecule has 7 heteroatoms. The lowest BCUT2D eigenvalue weighted by Gasteiger charge is -2.03. The fourth-order valence-electron chi connectivity index (χ4n) is 2.30. The summed E-state index contributed by atoms with van der Waals surface area (Å²) in [5.41, 5.74) is 5.98. The fourth-order valence-corrected chi connectivity index (χ4v) is 3.21. The maximum absolute atomic E-state index is 5.87. The first-order valence-corrected chi connectivity index (χ1v) is 9.10. The number of aryl methyl sites for hydroxylation is 1. The summed E-state index contributed by atoms with van der Waals surface area (Å²) in [5, 5.41) is 5.70. The summed E-state index contributed by atoms with van der Waals surface area (Å²) in [5.74, 6) is 0.866. The summed E-state index contributed by atoms with van der Waals surface area (Å²) in [6.45, 7) is 4.69. The van der Waals surface area contributed by atoms with Crippen LogP contribution in [0.3, 0.4) is 0 Å². The van der Waals surface area contributed by atoms with E-state index in [1.165, 1.54) is 0 Å². The van der Waals surface area contributed by atoms with Crippen LogP contribution in [0.15, 0.2) is 53.6 Å². The molecule has 0 saturated carbocycles. The molecule has 0 unspecified atom stereocenters. The van der Waals surface area contributed by atoms with E-state index in [1.807, 2.05) is 55.5 Å². The minimum absolute atomic E-state index is 0. The van der Waals surface area contributed by atoms with Gasteiger partial charge in [0.05, 0.1) is 18.5 Å². The van der Waals surface area contributed by atoms with Crippen LogP contribution >= 0.6 is 39.9 Å². The quantitative estimate of drug-likeness (QED) is 0.358. The van der Waals surface area contributed by atoms with E-state index >= 15 is 0 Å². The predicted molar refractivity (Wildman–Crippen MR) is 116 cm³/mol. The highest BCUT2D eigenvalue weighted by Crippen LogP contribution is 2.31. The lowest BCUT2D eigenvalue weighted by atomic mass is 10.1. The average molecular weight is 453 g/mol. The Morgan fingerprint density at radius 3 is 2.50 bits per heavy atom. The number of ether oxygens (including phenoxy) is 1. The molecule has 0 aliphatic heterocycles. The summed E-state index contributed by atoms with van der Waals surface area (Å²) in [6.07, 6.45) is 1.74. The summed E-state index contributed by atoms with van der Waals surface area (Å²) in [6, 6.07) is 15.5. The summed E-state index contributed by atoms with van der Waals surface area (Å²) in [4.78, 5) is 5.77. The summed E-state index contributed by atoms with van der Waals surface area (Å²) < 4.78 is 5.48. The number of anilines is 1. The van der Waals surface area contributed by atoms with Crippen molar-refractivity contribution in [3.8, 4) is 17.0 Å². The van der Waals surface area contributed by atoms with Gasteiger partial charge in [0.1, 0.15) is 5.75 Å². The van der Waals surface area contributed by atoms with Crippen molar-refractivity contribution in [1.29, 1.82) is 0 Å². The topological polar surface area (TPSA) is 46.5 Å². The molecule has 0 radical (unpaired) electrons. The first kappa shape index (κ1) is 20.4. The Labute approximate surface area is 172 Å². The Bertz CT molecular complexity index is 863. The number of aromatic nitrogens is 1. The average Bonchev–Trinajstić information content (AvgIpc) is 2.98. The van der Waals surface area contributed by atoms with Gasteiger partial charge >= 0.3 is 0 Å². The van der Waals surface area contributed by atoms with Gasteiger partial charge in [-0.15, -0.1) is 28.3 Å². The normalized spacial score (nSPS) is 10.6. The second-order valence-corrected chi connectivity index (χ2v) is 6.94. The van der Waals surface area contributed by atoms with Crippen molar-refractivity contribution in [2.45, 2.75) is 13.8 Å². The van der Waals surface area contributed by atoms with Crippen molar-refractivity contribution in [2.24, 2.45) is 5.10 Å². The lowest BCUT2D eigenvalue weighted by molar-refractivity contribution is 0.340. The van der Waals surface area contributed by atoms with E-state index in [1.54, 1.807) is 17.6 Å². The molecule has 2 aromatic carbocycles. The summed E-state index contributed by atoms with van der Waals surface area (Å²) in [7, 11) is 0. The molecule has 0 bridgehead atoms. The van der Waals surface area contributed by atoms with Gasteiger partial charge in [-0.05, 0) is 55.8 Å². The van der Waals surface area contributed by atoms with Crippen LogP contribution in [0.5, 0.6) is 5.75 Å². The number of benzene rings is 2. The Morgan fingerprint density at radius 1 is 1.15 bits per heavy atom. The Kier molecular flexibility index (Phi) is 7.63. The number of thiazole rings is 1. The van der Waals surface area contributed by atoms with Gasteiger partial charge in [0, 0.05) is 15.5 Å². The van der Waals surface area contributed by atoms with Crippen LogP contribution in [-0.4, -0.2) is 17.8 Å². The van der Waals surface area contributed by atoms with Crippen LogP contribution in [0, 0.1) is 6.92 Å². The largest absolute Gasteiger partial charge is 0.494 e. The van der Waals surface area contributed by atoms with Crippen molar-refractivity contribution in [3.05, 3.63) is 64.0 Å². The van der Waals surface area contributed by atoms with Gasteiger partial charge in [0.25, 0.3) is 0 Å². The standard InChI is InChI=1S/C19H18ClN3OS.BrH/c1-3-24-17-10-6-15(7-11-17)18-13(2)25-19(22-18)23-21-12-14-4-8-16(20)9-5-14;/h4-12H,3H2,1-2H3,(H,22,23);1H. The van der Waals surface area contributed by atoms with E-state index in [2.05, 4.69) is 22.4 Å². The Hall–Kier alpha value is -1.89. The molecule has 0 fully saturated rings. The van der Waals surface area contributed by atoms with Crippen molar-refractivity contribution in [3.63, 3.8) is 0 Å². The predicted octanol–water partition coefficient (Wildman–Crippen LogP) is 6.19. The van der Waals surface area contributed by atoms with E-state index < -0.39 is 0 Å². The smallest absolute Gasteiger partial charge is 0.204 e. The maximum Gasteiger partial charge on any atom is 0.204 e. The molecule has 26 heavy (non-hydrogen) atoms. The molecule has 0 amide bonds. The van der Waals surface area contributed by atoms with Gasteiger partial charge in [0.15, 0.2) is 0 Å². The van der Waals surface area contributed by atoms with E-state index in [0.29, 0.717) is 11.6 Å². The SMILES string of the molecule is Br.CCOc1ccc(-c2nc(NN=Cc3ccc(Cl)cc3)sc2C)cc1. The number of nitrogens with zero attached hydrogens (tertiary/aromatic N) is 2. The second-order valence-electron chi connectivity index (χ2n) is 5.30. The zero-order valence-corrected chi connectivity index (χ0v) is 17.7. The first-order valence-electron chi connectivity index (χ1n) is 7.91. The highest BCUT2D eigenvalue weighted by molar-refractivity contribution is 8.93. The molecule has 1 heterocycles. The molecule has 3 rings (SSSR count). The fraction of sp³-hybridized carbons (Fsp3) is 0.158. The van der Waals surface area contributed by atoms with Crippen molar-refractivity contribution in [2.75, 3.05) is 12.0 Å². The van der Waals surface area contributed by atoms with Crippen LogP contribution in [-0.2, 0) is 0 Å². The zero-order chi connectivity index (χ0) is 17.6. The lowest BCUT2D eigenvalue weighted by Crippen LogP contribution is -1.91. The first-order chi connectivity index (χ1) is 12.2. The van der Waals surface area contributed by atoms with Crippen molar-refractivity contribution in [1.82, 2.24) is 4.98 Å². The monoisotopic (exact) mass is 451 g/mol. The number of rotatable bonds is 6. The molecular formula is C19H19BrClN3OS. The number of hydrazone groups is 1. The van der Waals surface area contributed by atoms with Crippen LogP contribution in [0.1, 0.15) is 17.4 Å². The van der Waals surface area contributed by atoms with Gasteiger partial charge in [-0.3, -0.25) is 5.43 Å². The highest BCUT2D eigenvalue weighted by Gasteiger charge is 2.09. The van der Waals surface area contributed by atoms with Crippen molar-refractivity contribution < 1.29 is 4.74 Å². The third-order valence-electron chi connectivity index (χ3n) is 3.48. The number of nitrogens with one attached hydrogen (secondary N) is 1. The molecule has 0 spiro atoms. The van der Waals surface area contributed by atoms with E-state index in [0.717, 1.165) is 32.6 Å². The molecule has 0 aliphatic carbocycles. The van der Waals surface area contributed by atoms with E-state index in [4.69, 9.17) is 16.3 Å². The van der Waals surface area contributed by atoms with E-state index in [9.17, 15) is 0 Å². The Morgan fingerprint density at radius 2 is 1.85 bits per heavy atom. The summed E-state index contributed by atoms with van der Waals surface area (Å²) >= 11 is 7.44. The van der Waals surface area contributed by atoms with Gasteiger partial charge < -0.3 is 4.74 Å². The number of hydrogen-bond acceptors (Lipinski definition) is 5. The van der Waals surface area contributed by atoms with Crippen molar-refractivity contribution >= 4 is 51.3 Å². The molecule has 136 valence electrons.